The number of ether oxygens (including phenoxy) is 2. The number of carbonyl (C=O) groups excluding carboxylic acids is 1. The molecule has 1 fully saturated rings. The van der Waals surface area contributed by atoms with Crippen molar-refractivity contribution in [3.8, 4) is 5.75 Å². The topological polar surface area (TPSA) is 76.6 Å². The number of benzene rings is 1. The van der Waals surface area contributed by atoms with Crippen LogP contribution in [0.5, 0.6) is 5.75 Å². The van der Waals surface area contributed by atoms with E-state index in [1.807, 2.05) is 68.4 Å². The van der Waals surface area contributed by atoms with Crippen molar-refractivity contribution in [3.63, 3.8) is 0 Å². The third-order valence-electron chi connectivity index (χ3n) is 5.10. The molecule has 0 spiro atoms. The zero-order chi connectivity index (χ0) is 21.6. The Balaban J connectivity index is 1.43. The van der Waals surface area contributed by atoms with Gasteiger partial charge in [-0.3, -0.25) is 9.78 Å². The third kappa shape index (κ3) is 5.38. The number of pyridine rings is 2. The number of amides is 1. The van der Waals surface area contributed by atoms with Crippen molar-refractivity contribution in [3.05, 3.63) is 77.7 Å². The fourth-order valence-corrected chi connectivity index (χ4v) is 3.49. The summed E-state index contributed by atoms with van der Waals surface area (Å²) in [7, 11) is 0. The van der Waals surface area contributed by atoms with Gasteiger partial charge >= 0.3 is 0 Å². The molecule has 0 bridgehead atoms. The van der Waals surface area contributed by atoms with Crippen LogP contribution in [0.15, 0.2) is 60.8 Å². The normalized spacial score (nSPS) is 16.1. The van der Waals surface area contributed by atoms with E-state index in [4.69, 9.17) is 9.47 Å². The summed E-state index contributed by atoms with van der Waals surface area (Å²) < 4.78 is 11.6. The lowest BCUT2D eigenvalue weighted by Gasteiger charge is -2.33. The van der Waals surface area contributed by atoms with Gasteiger partial charge < -0.3 is 19.7 Å². The van der Waals surface area contributed by atoms with Gasteiger partial charge in [-0.05, 0) is 49.7 Å². The first-order valence-corrected chi connectivity index (χ1v) is 10.3. The lowest BCUT2D eigenvalue weighted by Crippen LogP contribution is -2.44. The van der Waals surface area contributed by atoms with Crippen LogP contribution in [0.2, 0.25) is 0 Å². The van der Waals surface area contributed by atoms with Crippen molar-refractivity contribution < 1.29 is 14.3 Å². The second kappa shape index (κ2) is 9.57. The largest absolute Gasteiger partial charge is 0.484 e. The first-order valence-electron chi connectivity index (χ1n) is 10.3. The maximum atomic E-state index is 12.7. The van der Waals surface area contributed by atoms with Gasteiger partial charge in [0.1, 0.15) is 17.7 Å². The Morgan fingerprint density at radius 1 is 1.19 bits per heavy atom. The Morgan fingerprint density at radius 3 is 2.84 bits per heavy atom. The first kappa shape index (κ1) is 20.8. The second-order valence-electron chi connectivity index (χ2n) is 7.52. The molecule has 3 heterocycles. The standard InChI is InChI=1S/C24H26N4O3/c1-17-7-6-10-25-24(17)27-19-13-18(2)26-21(14-19)22-15-28(11-12-30-22)23(29)16-31-20-8-4-3-5-9-20/h3-10,13-14,22H,11-12,15-16H2,1-2H3,(H,25,26,27)/t22-/m1/s1. The molecule has 31 heavy (non-hydrogen) atoms. The minimum Gasteiger partial charge on any atom is -0.484 e. The van der Waals surface area contributed by atoms with E-state index in [2.05, 4.69) is 15.3 Å². The van der Waals surface area contributed by atoms with Crippen molar-refractivity contribution in [1.29, 1.82) is 0 Å². The van der Waals surface area contributed by atoms with Crippen LogP contribution < -0.4 is 10.1 Å². The highest BCUT2D eigenvalue weighted by Crippen LogP contribution is 2.26. The molecule has 1 atom stereocenters. The lowest BCUT2D eigenvalue weighted by atomic mass is 10.1. The summed E-state index contributed by atoms with van der Waals surface area (Å²) in [6.45, 7) is 5.39. The van der Waals surface area contributed by atoms with Crippen molar-refractivity contribution in [2.45, 2.75) is 20.0 Å². The number of aromatic nitrogens is 2. The van der Waals surface area contributed by atoms with Crippen molar-refractivity contribution in [2.75, 3.05) is 31.6 Å². The van der Waals surface area contributed by atoms with E-state index in [9.17, 15) is 4.79 Å². The molecule has 1 aromatic carbocycles. The van der Waals surface area contributed by atoms with Crippen molar-refractivity contribution in [1.82, 2.24) is 14.9 Å². The molecular weight excluding hydrogens is 392 g/mol. The predicted octanol–water partition coefficient (Wildman–Crippen LogP) is 3.82. The third-order valence-corrected chi connectivity index (χ3v) is 5.10. The zero-order valence-electron chi connectivity index (χ0n) is 17.7. The van der Waals surface area contributed by atoms with E-state index in [1.54, 1.807) is 11.1 Å². The molecule has 1 saturated heterocycles. The Kier molecular flexibility index (Phi) is 6.43. The number of carbonyl (C=O) groups is 1. The van der Waals surface area contributed by atoms with Gasteiger partial charge in [0, 0.05) is 24.1 Å². The average Bonchev–Trinajstić information content (AvgIpc) is 2.79. The quantitative estimate of drug-likeness (QED) is 0.656. The molecule has 0 saturated carbocycles. The highest BCUT2D eigenvalue weighted by Gasteiger charge is 2.27. The summed E-state index contributed by atoms with van der Waals surface area (Å²) in [5, 5.41) is 3.36. The average molecular weight is 418 g/mol. The van der Waals surface area contributed by atoms with Gasteiger partial charge in [0.25, 0.3) is 5.91 Å². The van der Waals surface area contributed by atoms with E-state index in [0.29, 0.717) is 25.4 Å². The van der Waals surface area contributed by atoms with Crippen LogP contribution in [0.1, 0.15) is 23.1 Å². The molecule has 7 nitrogen and oxygen atoms in total. The van der Waals surface area contributed by atoms with Crippen LogP contribution in [-0.4, -0.2) is 47.1 Å². The number of hydrogen-bond donors (Lipinski definition) is 1. The monoisotopic (exact) mass is 418 g/mol. The van der Waals surface area contributed by atoms with Crippen LogP contribution in [0.25, 0.3) is 0 Å². The summed E-state index contributed by atoms with van der Waals surface area (Å²) in [6, 6.07) is 17.2. The highest BCUT2D eigenvalue weighted by atomic mass is 16.5. The summed E-state index contributed by atoms with van der Waals surface area (Å²) in [5.74, 6) is 1.42. The molecule has 0 aliphatic carbocycles. The van der Waals surface area contributed by atoms with E-state index in [1.165, 1.54) is 0 Å². The van der Waals surface area contributed by atoms with Gasteiger partial charge in [-0.2, -0.15) is 0 Å². The molecule has 1 aliphatic rings. The maximum absolute atomic E-state index is 12.7. The van der Waals surface area contributed by atoms with Crippen molar-refractivity contribution >= 4 is 17.4 Å². The lowest BCUT2D eigenvalue weighted by molar-refractivity contribution is -0.141. The first-order chi connectivity index (χ1) is 15.1. The second-order valence-corrected chi connectivity index (χ2v) is 7.52. The van der Waals surface area contributed by atoms with E-state index in [-0.39, 0.29) is 18.6 Å². The molecule has 0 radical (unpaired) electrons. The number of hydrogen-bond acceptors (Lipinski definition) is 6. The van der Waals surface area contributed by atoms with Gasteiger partial charge in [0.05, 0.1) is 18.8 Å². The smallest absolute Gasteiger partial charge is 0.260 e. The number of nitrogens with zero attached hydrogens (tertiary/aromatic N) is 3. The number of morpholine rings is 1. The minimum atomic E-state index is -0.292. The van der Waals surface area contributed by atoms with Gasteiger partial charge in [-0.15, -0.1) is 0 Å². The fourth-order valence-electron chi connectivity index (χ4n) is 3.49. The Morgan fingerprint density at radius 2 is 2.03 bits per heavy atom. The van der Waals surface area contributed by atoms with Gasteiger partial charge in [-0.25, -0.2) is 4.98 Å². The number of anilines is 2. The summed E-state index contributed by atoms with van der Waals surface area (Å²) >= 11 is 0. The molecule has 160 valence electrons. The van der Waals surface area contributed by atoms with Crippen LogP contribution in [0.4, 0.5) is 11.5 Å². The van der Waals surface area contributed by atoms with E-state index in [0.717, 1.165) is 28.5 Å². The molecule has 7 heteroatoms. The minimum absolute atomic E-state index is 0.00371. The summed E-state index contributed by atoms with van der Waals surface area (Å²) in [6.07, 6.45) is 1.47. The SMILES string of the molecule is Cc1cc(Nc2ncccc2C)cc([C@H]2CN(C(=O)COc3ccccc3)CCO2)n1. The van der Waals surface area contributed by atoms with Crippen LogP contribution in [-0.2, 0) is 9.53 Å². The molecule has 1 aliphatic heterocycles. The van der Waals surface area contributed by atoms with E-state index >= 15 is 0 Å². The number of aryl methyl sites for hydroxylation is 2. The van der Waals surface area contributed by atoms with Gasteiger partial charge in [0.2, 0.25) is 0 Å². The number of nitrogens with one attached hydrogen (secondary N) is 1. The van der Waals surface area contributed by atoms with Crippen molar-refractivity contribution in [2.24, 2.45) is 0 Å². The molecule has 3 aromatic rings. The molecule has 1 amide bonds. The molecule has 0 unspecified atom stereocenters. The van der Waals surface area contributed by atoms with Crippen LogP contribution >= 0.6 is 0 Å². The Labute approximate surface area is 182 Å². The highest BCUT2D eigenvalue weighted by molar-refractivity contribution is 5.78. The summed E-state index contributed by atoms with van der Waals surface area (Å²) in [4.78, 5) is 23.5. The van der Waals surface area contributed by atoms with E-state index < -0.39 is 0 Å². The molecular formula is C24H26N4O3. The van der Waals surface area contributed by atoms with Crippen LogP contribution in [0, 0.1) is 13.8 Å². The van der Waals surface area contributed by atoms with Gasteiger partial charge in [-0.1, -0.05) is 24.3 Å². The van der Waals surface area contributed by atoms with Gasteiger partial charge in [0.15, 0.2) is 6.61 Å². The zero-order valence-corrected chi connectivity index (χ0v) is 17.7. The predicted molar refractivity (Wildman–Crippen MR) is 118 cm³/mol. The Hall–Kier alpha value is -3.45. The maximum Gasteiger partial charge on any atom is 0.260 e. The summed E-state index contributed by atoms with van der Waals surface area (Å²) in [5.41, 5.74) is 3.61. The molecule has 2 aromatic heterocycles. The number of para-hydroxylation sites is 1. The molecule has 4 rings (SSSR count). The van der Waals surface area contributed by atoms with Crippen LogP contribution in [0.3, 0.4) is 0 Å². The Bertz CT molecular complexity index is 1040. The number of rotatable bonds is 6. The fraction of sp³-hybridized carbons (Fsp3) is 0.292. The molecule has 1 N–H and O–H groups in total.